The summed E-state index contributed by atoms with van der Waals surface area (Å²) in [6.45, 7) is 3.00. The fraction of sp³-hybridized carbons (Fsp3) is 0.424. The van der Waals surface area contributed by atoms with Gasteiger partial charge in [-0.05, 0) is 86.2 Å². The monoisotopic (exact) mass is 587 g/mol. The van der Waals surface area contributed by atoms with Gasteiger partial charge < -0.3 is 25.4 Å². The van der Waals surface area contributed by atoms with Crippen LogP contribution in [-0.2, 0) is 14.4 Å². The van der Waals surface area contributed by atoms with Gasteiger partial charge in [-0.3, -0.25) is 14.4 Å². The molecular formula is C33H37N3O5S. The van der Waals surface area contributed by atoms with Crippen molar-refractivity contribution in [2.75, 3.05) is 30.4 Å². The first-order valence-corrected chi connectivity index (χ1v) is 15.8. The maximum atomic E-state index is 14.1. The number of nitrogens with zero attached hydrogens (tertiary/aromatic N) is 1. The van der Waals surface area contributed by atoms with Gasteiger partial charge in [0.2, 0.25) is 17.7 Å². The van der Waals surface area contributed by atoms with Crippen LogP contribution < -0.4 is 15.4 Å². The van der Waals surface area contributed by atoms with Gasteiger partial charge in [-0.25, -0.2) is 0 Å². The zero-order valence-corrected chi connectivity index (χ0v) is 24.6. The van der Waals surface area contributed by atoms with Crippen LogP contribution in [0, 0.1) is 11.8 Å². The number of anilines is 2. The second-order valence-electron chi connectivity index (χ2n) is 11.4. The quantitative estimate of drug-likeness (QED) is 0.271. The van der Waals surface area contributed by atoms with Crippen LogP contribution in [-0.4, -0.2) is 63.5 Å². The number of amides is 3. The summed E-state index contributed by atoms with van der Waals surface area (Å²) in [7, 11) is 0. The minimum Gasteiger partial charge on any atom is -0.494 e. The molecule has 3 aromatic carbocycles. The second kappa shape index (κ2) is 12.0. The van der Waals surface area contributed by atoms with Crippen LogP contribution in [0.15, 0.2) is 66.7 Å². The van der Waals surface area contributed by atoms with E-state index in [9.17, 15) is 19.5 Å². The van der Waals surface area contributed by atoms with E-state index in [-0.39, 0.29) is 29.6 Å². The van der Waals surface area contributed by atoms with Crippen LogP contribution in [0.1, 0.15) is 39.0 Å². The van der Waals surface area contributed by atoms with Crippen LogP contribution in [0.2, 0.25) is 0 Å². The van der Waals surface area contributed by atoms with Crippen molar-refractivity contribution in [1.29, 1.82) is 0 Å². The highest BCUT2D eigenvalue weighted by Crippen LogP contribution is 2.66. The Morgan fingerprint density at radius 2 is 1.71 bits per heavy atom. The maximum Gasteiger partial charge on any atom is 0.248 e. The molecule has 9 heteroatoms. The Kier molecular flexibility index (Phi) is 8.14. The third-order valence-electron chi connectivity index (χ3n) is 8.86. The number of nitrogens with one attached hydrogen (secondary N) is 2. The van der Waals surface area contributed by atoms with Crippen molar-refractivity contribution >= 4 is 51.6 Å². The normalized spacial score (nSPS) is 26.0. The largest absolute Gasteiger partial charge is 0.494 e. The number of carbonyl (C=O) groups excluding carboxylic acids is 3. The third kappa shape index (κ3) is 5.13. The van der Waals surface area contributed by atoms with Crippen molar-refractivity contribution in [3.8, 4) is 5.75 Å². The molecule has 3 aliphatic rings. The van der Waals surface area contributed by atoms with E-state index in [1.807, 2.05) is 73.7 Å². The van der Waals surface area contributed by atoms with Crippen LogP contribution in [0.5, 0.6) is 5.75 Å². The molecule has 220 valence electrons. The fourth-order valence-corrected chi connectivity index (χ4v) is 9.29. The van der Waals surface area contributed by atoms with E-state index in [0.717, 1.165) is 29.4 Å². The lowest BCUT2D eigenvalue weighted by Gasteiger charge is -2.34. The molecule has 2 bridgehead atoms. The molecule has 3 N–H and O–H groups in total. The lowest BCUT2D eigenvalue weighted by molar-refractivity contribution is -0.138. The molecule has 3 aromatic rings. The number of hydrogen-bond acceptors (Lipinski definition) is 6. The first kappa shape index (κ1) is 28.6. The standard InChI is InChI=1S/C33H37N3O5S/c1-2-41-25-14-12-23(13-15-25)34-30(38)27-26-16-17-33(42-26)28(27)32(40)36(18-6-3-7-19-37)29(33)31(39)35-24-11-10-21-8-4-5-9-22(21)20-24/h4-5,8-15,20,26-29,37H,2-3,6-7,16-19H2,1H3,(H,34,38)(H,35,39)/t26-,27+,28+,29?,33?/m1/s1. The molecule has 2 unspecified atom stereocenters. The zero-order valence-electron chi connectivity index (χ0n) is 23.8. The highest BCUT2D eigenvalue weighted by molar-refractivity contribution is 8.02. The molecule has 1 spiro atoms. The molecule has 3 heterocycles. The Balaban J connectivity index is 1.26. The van der Waals surface area contributed by atoms with Gasteiger partial charge in [0.25, 0.3) is 0 Å². The van der Waals surface area contributed by atoms with Gasteiger partial charge in [0, 0.05) is 29.8 Å². The number of ether oxygens (including phenoxy) is 1. The fourth-order valence-electron chi connectivity index (χ4n) is 7.07. The number of hydrogen-bond donors (Lipinski definition) is 3. The molecule has 5 atom stereocenters. The van der Waals surface area contributed by atoms with Crippen molar-refractivity contribution in [3.05, 3.63) is 66.7 Å². The van der Waals surface area contributed by atoms with Gasteiger partial charge in [-0.2, -0.15) is 0 Å². The van der Waals surface area contributed by atoms with Crippen LogP contribution in [0.25, 0.3) is 10.8 Å². The predicted octanol–water partition coefficient (Wildman–Crippen LogP) is 5.07. The molecule has 3 amide bonds. The van der Waals surface area contributed by atoms with E-state index in [0.29, 0.717) is 43.8 Å². The van der Waals surface area contributed by atoms with Crippen LogP contribution in [0.4, 0.5) is 11.4 Å². The van der Waals surface area contributed by atoms with E-state index >= 15 is 0 Å². The molecule has 3 aliphatic heterocycles. The summed E-state index contributed by atoms with van der Waals surface area (Å²) >= 11 is 1.66. The number of likely N-dealkylation sites (tertiary alicyclic amines) is 1. The van der Waals surface area contributed by atoms with Crippen LogP contribution >= 0.6 is 11.8 Å². The Bertz CT molecular complexity index is 1480. The highest BCUT2D eigenvalue weighted by Gasteiger charge is 2.73. The summed E-state index contributed by atoms with van der Waals surface area (Å²) in [5.41, 5.74) is 1.34. The van der Waals surface area contributed by atoms with Crippen molar-refractivity contribution in [2.24, 2.45) is 11.8 Å². The molecule has 6 rings (SSSR count). The molecule has 0 aliphatic carbocycles. The number of fused-ring (bicyclic) bond motifs is 2. The molecule has 3 saturated heterocycles. The van der Waals surface area contributed by atoms with Crippen molar-refractivity contribution in [3.63, 3.8) is 0 Å². The molecule has 0 radical (unpaired) electrons. The van der Waals surface area contributed by atoms with Crippen molar-refractivity contribution in [2.45, 2.75) is 55.1 Å². The number of rotatable bonds is 11. The van der Waals surface area contributed by atoms with E-state index in [1.54, 1.807) is 16.7 Å². The highest BCUT2D eigenvalue weighted by atomic mass is 32.2. The molecule has 3 fully saturated rings. The summed E-state index contributed by atoms with van der Waals surface area (Å²) < 4.78 is 4.86. The van der Waals surface area contributed by atoms with Gasteiger partial charge in [0.05, 0.1) is 23.2 Å². The van der Waals surface area contributed by atoms with E-state index in [2.05, 4.69) is 10.6 Å². The molecule has 0 saturated carbocycles. The Hall–Kier alpha value is -3.56. The van der Waals surface area contributed by atoms with Gasteiger partial charge in [0.1, 0.15) is 11.8 Å². The van der Waals surface area contributed by atoms with Gasteiger partial charge in [0.15, 0.2) is 0 Å². The number of aliphatic hydroxyl groups is 1. The number of unbranched alkanes of at least 4 members (excludes halogenated alkanes) is 2. The topological polar surface area (TPSA) is 108 Å². The Morgan fingerprint density at radius 1 is 0.976 bits per heavy atom. The maximum absolute atomic E-state index is 14.1. The second-order valence-corrected chi connectivity index (χ2v) is 13.0. The number of benzene rings is 3. The van der Waals surface area contributed by atoms with Crippen molar-refractivity contribution < 1.29 is 24.2 Å². The zero-order chi connectivity index (χ0) is 29.3. The first-order chi connectivity index (χ1) is 20.4. The molecular weight excluding hydrogens is 550 g/mol. The van der Waals surface area contributed by atoms with E-state index in [4.69, 9.17) is 4.74 Å². The van der Waals surface area contributed by atoms with E-state index in [1.165, 1.54) is 0 Å². The van der Waals surface area contributed by atoms with E-state index < -0.39 is 22.6 Å². The predicted molar refractivity (Wildman–Crippen MR) is 166 cm³/mol. The van der Waals surface area contributed by atoms with Gasteiger partial charge in [-0.15, -0.1) is 11.8 Å². The number of aliphatic hydroxyl groups excluding tert-OH is 1. The average Bonchev–Trinajstić information content (AvgIpc) is 3.64. The third-order valence-corrected chi connectivity index (χ3v) is 10.8. The summed E-state index contributed by atoms with van der Waals surface area (Å²) in [5, 5.41) is 17.5. The summed E-state index contributed by atoms with van der Waals surface area (Å²) in [5.74, 6) is -0.834. The number of thioether (sulfide) groups is 1. The Morgan fingerprint density at radius 3 is 2.48 bits per heavy atom. The minimum absolute atomic E-state index is 0.0193. The summed E-state index contributed by atoms with van der Waals surface area (Å²) in [6, 6.07) is 20.4. The smallest absolute Gasteiger partial charge is 0.248 e. The van der Waals surface area contributed by atoms with Gasteiger partial charge >= 0.3 is 0 Å². The molecule has 0 aromatic heterocycles. The molecule has 42 heavy (non-hydrogen) atoms. The minimum atomic E-state index is -0.672. The average molecular weight is 588 g/mol. The van der Waals surface area contributed by atoms with Crippen molar-refractivity contribution in [1.82, 2.24) is 4.90 Å². The first-order valence-electron chi connectivity index (χ1n) is 14.9. The summed E-state index contributed by atoms with van der Waals surface area (Å²) in [4.78, 5) is 43.7. The summed E-state index contributed by atoms with van der Waals surface area (Å²) in [6.07, 6.45) is 3.59. The van der Waals surface area contributed by atoms with Crippen LogP contribution in [0.3, 0.4) is 0 Å². The Labute approximate surface area is 250 Å². The van der Waals surface area contributed by atoms with Gasteiger partial charge in [-0.1, -0.05) is 30.3 Å². The molecule has 8 nitrogen and oxygen atoms in total. The number of carbonyl (C=O) groups is 3. The lowest BCUT2D eigenvalue weighted by Crippen LogP contribution is -2.51. The SMILES string of the molecule is CCOc1ccc(NC(=O)[C@@H]2[C@H]3C(=O)N(CCCCCO)C(C(=O)Nc4ccc5ccccc5c4)C34CC[C@H]2S4)cc1. The lowest BCUT2D eigenvalue weighted by atomic mass is 9.70.